The number of aromatic carboxylic acids is 1. The zero-order chi connectivity index (χ0) is 24.7. The quantitative estimate of drug-likeness (QED) is 0.224. The van der Waals surface area contributed by atoms with E-state index in [2.05, 4.69) is 5.32 Å². The Kier molecular flexibility index (Phi) is 5.68. The predicted octanol–water partition coefficient (Wildman–Crippen LogP) is 5.28. The molecule has 2 N–H and O–H groups in total. The number of carboxylic acid groups (broad SMARTS) is 1. The van der Waals surface area contributed by atoms with Gasteiger partial charge in [0.15, 0.2) is 5.11 Å². The predicted molar refractivity (Wildman–Crippen MR) is 136 cm³/mol. The normalized spacial score (nSPS) is 15.1. The van der Waals surface area contributed by atoms with Gasteiger partial charge in [0.1, 0.15) is 17.1 Å². The lowest BCUT2D eigenvalue weighted by atomic mass is 10.1. The van der Waals surface area contributed by atoms with Crippen LogP contribution in [0, 0.1) is 0 Å². The number of halogens is 1. The van der Waals surface area contributed by atoms with E-state index in [4.69, 9.17) is 28.2 Å². The van der Waals surface area contributed by atoms with E-state index in [1.165, 1.54) is 23.1 Å². The fourth-order valence-corrected chi connectivity index (χ4v) is 4.26. The summed E-state index contributed by atoms with van der Waals surface area (Å²) in [6, 6.07) is 20.8. The Bertz CT molecular complexity index is 1590. The molecule has 1 aliphatic heterocycles. The molecule has 0 bridgehead atoms. The van der Waals surface area contributed by atoms with Gasteiger partial charge < -0.3 is 9.52 Å². The summed E-state index contributed by atoms with van der Waals surface area (Å²) in [7, 11) is 0. The summed E-state index contributed by atoms with van der Waals surface area (Å²) in [5.41, 5.74) is 0.777. The minimum atomic E-state index is -1.17. The molecule has 172 valence electrons. The maximum Gasteiger partial charge on any atom is 0.337 e. The Labute approximate surface area is 209 Å². The summed E-state index contributed by atoms with van der Waals surface area (Å²) in [6.07, 6.45) is 1.32. The van der Waals surface area contributed by atoms with Gasteiger partial charge in [-0.3, -0.25) is 19.8 Å². The van der Waals surface area contributed by atoms with Gasteiger partial charge >= 0.3 is 5.97 Å². The van der Waals surface area contributed by atoms with Crippen molar-refractivity contribution < 1.29 is 23.9 Å². The molecule has 35 heavy (non-hydrogen) atoms. The van der Waals surface area contributed by atoms with Crippen molar-refractivity contribution in [1.29, 1.82) is 0 Å². The highest BCUT2D eigenvalue weighted by Crippen LogP contribution is 2.29. The van der Waals surface area contributed by atoms with Gasteiger partial charge in [-0.25, -0.2) is 4.79 Å². The van der Waals surface area contributed by atoms with Gasteiger partial charge in [-0.2, -0.15) is 0 Å². The Morgan fingerprint density at radius 2 is 1.77 bits per heavy atom. The number of carboxylic acids is 1. The molecule has 1 aromatic heterocycles. The van der Waals surface area contributed by atoms with Crippen molar-refractivity contribution in [2.75, 3.05) is 4.90 Å². The van der Waals surface area contributed by atoms with Crippen LogP contribution in [-0.4, -0.2) is 28.0 Å². The number of rotatable bonds is 4. The molecule has 0 saturated carbocycles. The van der Waals surface area contributed by atoms with Gasteiger partial charge in [0, 0.05) is 5.56 Å². The van der Waals surface area contributed by atoms with Crippen LogP contribution in [0.3, 0.4) is 0 Å². The van der Waals surface area contributed by atoms with Crippen molar-refractivity contribution in [3.63, 3.8) is 0 Å². The Morgan fingerprint density at radius 3 is 2.54 bits per heavy atom. The van der Waals surface area contributed by atoms with E-state index < -0.39 is 17.8 Å². The first-order valence-corrected chi connectivity index (χ1v) is 11.1. The van der Waals surface area contributed by atoms with Gasteiger partial charge in [0.05, 0.1) is 16.3 Å². The van der Waals surface area contributed by atoms with Gasteiger partial charge in [0.25, 0.3) is 11.8 Å². The van der Waals surface area contributed by atoms with Gasteiger partial charge in [-0.05, 0) is 71.5 Å². The summed E-state index contributed by atoms with van der Waals surface area (Å²) in [5.74, 6) is -1.82. The number of nitrogens with one attached hydrogen (secondary N) is 1. The number of nitrogens with zero attached hydrogens (tertiary/aromatic N) is 1. The molecular weight excluding hydrogens is 488 g/mol. The minimum Gasteiger partial charge on any atom is -0.478 e. The van der Waals surface area contributed by atoms with Crippen LogP contribution >= 0.6 is 23.8 Å². The van der Waals surface area contributed by atoms with Crippen molar-refractivity contribution in [3.8, 4) is 11.3 Å². The van der Waals surface area contributed by atoms with Crippen LogP contribution in [0.15, 0.2) is 82.8 Å². The first-order valence-electron chi connectivity index (χ1n) is 10.3. The second-order valence-corrected chi connectivity index (χ2v) is 8.48. The lowest BCUT2D eigenvalue weighted by molar-refractivity contribution is -0.122. The van der Waals surface area contributed by atoms with Gasteiger partial charge in [0.2, 0.25) is 0 Å². The SMILES string of the molecule is O=C1NC(=S)N(c2ccc3ccccc3c2)C(=O)C1=Cc1ccc(-c2ccc(Cl)c(C(=O)O)c2)o1. The van der Waals surface area contributed by atoms with E-state index in [0.717, 1.165) is 10.8 Å². The molecule has 2 amide bonds. The molecule has 7 nitrogen and oxygen atoms in total. The summed E-state index contributed by atoms with van der Waals surface area (Å²) in [6.45, 7) is 0. The molecule has 3 aromatic carbocycles. The number of hydrogen-bond acceptors (Lipinski definition) is 5. The molecule has 1 fully saturated rings. The van der Waals surface area contributed by atoms with Crippen LogP contribution in [0.4, 0.5) is 5.69 Å². The van der Waals surface area contributed by atoms with Crippen molar-refractivity contribution in [2.24, 2.45) is 0 Å². The standard InChI is InChI=1S/C26H15ClN2O5S/c27-21-9-6-16(12-19(21)25(32)33)22-10-8-18(34-22)13-20-23(30)28-26(35)29(24(20)31)17-7-5-14-3-1-2-4-15(14)11-17/h1-13H,(H,32,33)(H,28,30,35). The molecule has 1 aliphatic rings. The van der Waals surface area contributed by atoms with Crippen LogP contribution in [0.2, 0.25) is 5.02 Å². The summed E-state index contributed by atoms with van der Waals surface area (Å²) in [5, 5.41) is 13.8. The maximum absolute atomic E-state index is 13.3. The summed E-state index contributed by atoms with van der Waals surface area (Å²) in [4.78, 5) is 38.5. The molecule has 9 heteroatoms. The molecule has 2 heterocycles. The fourth-order valence-electron chi connectivity index (χ4n) is 3.78. The van der Waals surface area contributed by atoms with E-state index in [1.54, 1.807) is 24.3 Å². The first kappa shape index (κ1) is 22.5. The lowest BCUT2D eigenvalue weighted by Crippen LogP contribution is -2.54. The molecule has 1 saturated heterocycles. The molecule has 0 atom stereocenters. The number of benzene rings is 3. The molecule has 0 radical (unpaired) electrons. The average Bonchev–Trinajstić information content (AvgIpc) is 3.30. The van der Waals surface area contributed by atoms with Crippen LogP contribution in [0.1, 0.15) is 16.1 Å². The Balaban J connectivity index is 1.49. The number of fused-ring (bicyclic) bond motifs is 1. The van der Waals surface area contributed by atoms with E-state index in [0.29, 0.717) is 17.0 Å². The summed E-state index contributed by atoms with van der Waals surface area (Å²) >= 11 is 11.2. The second kappa shape index (κ2) is 8.83. The zero-order valence-corrected chi connectivity index (χ0v) is 19.4. The van der Waals surface area contributed by atoms with Crippen LogP contribution in [0.5, 0.6) is 0 Å². The third-order valence-electron chi connectivity index (χ3n) is 5.49. The van der Waals surface area contributed by atoms with E-state index in [1.807, 2.05) is 36.4 Å². The monoisotopic (exact) mass is 502 g/mol. The largest absolute Gasteiger partial charge is 0.478 e. The number of amides is 2. The van der Waals surface area contributed by atoms with Gasteiger partial charge in [-0.15, -0.1) is 0 Å². The third-order valence-corrected chi connectivity index (χ3v) is 6.10. The smallest absolute Gasteiger partial charge is 0.337 e. The topological polar surface area (TPSA) is 99.9 Å². The highest BCUT2D eigenvalue weighted by Gasteiger charge is 2.34. The fraction of sp³-hybridized carbons (Fsp3) is 0. The molecule has 0 spiro atoms. The van der Waals surface area contributed by atoms with Crippen molar-refractivity contribution in [3.05, 3.63) is 94.7 Å². The molecule has 0 aliphatic carbocycles. The molecule has 4 aromatic rings. The Morgan fingerprint density at radius 1 is 1.00 bits per heavy atom. The Hall–Kier alpha value is -4.27. The third kappa shape index (κ3) is 4.21. The molecule has 5 rings (SSSR count). The molecular formula is C26H15ClN2O5S. The number of carbonyl (C=O) groups is 3. The van der Waals surface area contributed by atoms with E-state index in [9.17, 15) is 19.5 Å². The van der Waals surface area contributed by atoms with Crippen molar-refractivity contribution in [2.45, 2.75) is 0 Å². The first-order chi connectivity index (χ1) is 16.8. The molecule has 0 unspecified atom stereocenters. The highest BCUT2D eigenvalue weighted by molar-refractivity contribution is 7.80. The highest BCUT2D eigenvalue weighted by atomic mass is 35.5. The lowest BCUT2D eigenvalue weighted by Gasteiger charge is -2.29. The van der Waals surface area contributed by atoms with Gasteiger partial charge in [-0.1, -0.05) is 41.9 Å². The second-order valence-electron chi connectivity index (χ2n) is 7.69. The summed E-state index contributed by atoms with van der Waals surface area (Å²) < 4.78 is 5.77. The average molecular weight is 503 g/mol. The van der Waals surface area contributed by atoms with Crippen molar-refractivity contribution in [1.82, 2.24) is 5.32 Å². The van der Waals surface area contributed by atoms with E-state index in [-0.39, 0.29) is 27.0 Å². The maximum atomic E-state index is 13.3. The zero-order valence-electron chi connectivity index (χ0n) is 17.8. The van der Waals surface area contributed by atoms with Crippen LogP contribution in [0.25, 0.3) is 28.2 Å². The minimum absolute atomic E-state index is 0.0186. The van der Waals surface area contributed by atoms with E-state index >= 15 is 0 Å². The van der Waals surface area contributed by atoms with Crippen LogP contribution in [-0.2, 0) is 9.59 Å². The van der Waals surface area contributed by atoms with Crippen LogP contribution < -0.4 is 10.2 Å². The number of hydrogen-bond donors (Lipinski definition) is 2. The number of carbonyl (C=O) groups excluding carboxylic acids is 2. The number of anilines is 1. The number of thiocarbonyl (C=S) groups is 1. The van der Waals surface area contributed by atoms with Crippen molar-refractivity contribution >= 4 is 69.3 Å². The number of furan rings is 1.